The van der Waals surface area contributed by atoms with Crippen LogP contribution in [0, 0.1) is 17.3 Å². The number of hydrogen-bond acceptors (Lipinski definition) is 2. The zero-order valence-corrected chi connectivity index (χ0v) is 35.5. The fourth-order valence-electron chi connectivity index (χ4n) is 15.7. The van der Waals surface area contributed by atoms with E-state index in [4.69, 9.17) is 4.42 Å². The number of nitrogens with zero attached hydrogens (tertiary/aromatic N) is 2. The van der Waals surface area contributed by atoms with Crippen molar-refractivity contribution in [3.05, 3.63) is 192 Å². The minimum atomic E-state index is -0.124. The lowest BCUT2D eigenvalue weighted by Crippen LogP contribution is -2.75. The van der Waals surface area contributed by atoms with E-state index in [-0.39, 0.29) is 16.2 Å². The smallest absolute Gasteiger partial charge is 0.136 e. The van der Waals surface area contributed by atoms with Gasteiger partial charge in [-0.2, -0.15) is 0 Å². The minimum absolute atomic E-state index is 0.124. The van der Waals surface area contributed by atoms with E-state index >= 15 is 0 Å². The molecule has 6 aliphatic rings. The molecule has 5 aliphatic carbocycles. The molecule has 0 N–H and O–H groups in total. The van der Waals surface area contributed by atoms with Gasteiger partial charge in [0.15, 0.2) is 0 Å². The Morgan fingerprint density at radius 1 is 0.556 bits per heavy atom. The standard InChI is InChI=1S/C60H44N2O/c1-57(2)46-14-6-3-11-41(46)42-26-24-40(31-49(42)57)61(39-22-19-35(20-23-39)36-21-25-44-43-12-5-10-18-53(43)63-54(44)29-36)52-28-27-48-56-55(52)45-13-4-8-16-50(45)62(56)51-17-9-7-15-47(51)59-33-38-30-37-32-58(37,34-59)60(38,48)59/h3-29,31,37-38H,30,32-34H2,1-2H3/t37-,38+,58?,59?,60?/m1/s1. The van der Waals surface area contributed by atoms with Crippen LogP contribution in [0.15, 0.2) is 174 Å². The fourth-order valence-corrected chi connectivity index (χ4v) is 15.7. The first-order chi connectivity index (χ1) is 30.9. The number of rotatable bonds is 4. The van der Waals surface area contributed by atoms with Gasteiger partial charge in [-0.1, -0.05) is 123 Å². The SMILES string of the molecule is CC1(C)c2ccccc2-c2ccc(N(c3ccc(-c4ccc5c(c4)oc4ccccc45)cc3)c3ccc4c5c3c3ccccc3n5-c3ccccc3C35C[C@@H]6C[C@@H]7CC7(C3)C465)cc21. The van der Waals surface area contributed by atoms with Crippen molar-refractivity contribution in [1.29, 1.82) is 0 Å². The Balaban J connectivity index is 0.952. The molecule has 0 radical (unpaired) electrons. The van der Waals surface area contributed by atoms with Crippen LogP contribution >= 0.6 is 0 Å². The summed E-state index contributed by atoms with van der Waals surface area (Å²) in [6.45, 7) is 4.79. The summed E-state index contributed by atoms with van der Waals surface area (Å²) in [5.41, 5.74) is 21.4. The Morgan fingerprint density at radius 3 is 2.17 bits per heavy atom. The fraction of sp³-hybridized carbons (Fsp3) is 0.200. The molecular formula is C60H44N2O. The summed E-state index contributed by atoms with van der Waals surface area (Å²) in [7, 11) is 0. The van der Waals surface area contributed by atoms with E-state index < -0.39 is 0 Å². The number of hydrogen-bond donors (Lipinski definition) is 0. The number of fused-ring (bicyclic) bond motifs is 11. The first kappa shape index (κ1) is 33.7. The highest BCUT2D eigenvalue weighted by atomic mass is 16.3. The second kappa shape index (κ2) is 10.8. The van der Waals surface area contributed by atoms with E-state index in [2.05, 4.69) is 187 Å². The summed E-state index contributed by atoms with van der Waals surface area (Å²) in [4.78, 5) is 2.58. The van der Waals surface area contributed by atoms with Gasteiger partial charge in [0.2, 0.25) is 0 Å². The van der Waals surface area contributed by atoms with E-state index in [1.165, 1.54) is 92.4 Å². The van der Waals surface area contributed by atoms with Crippen molar-refractivity contribution in [3.8, 4) is 27.9 Å². The molecule has 3 unspecified atom stereocenters. The Labute approximate surface area is 366 Å². The molecule has 4 saturated carbocycles. The molecule has 5 atom stereocenters. The molecule has 63 heavy (non-hydrogen) atoms. The van der Waals surface area contributed by atoms with Crippen molar-refractivity contribution < 1.29 is 4.42 Å². The summed E-state index contributed by atoms with van der Waals surface area (Å²) in [5.74, 6) is 1.65. The van der Waals surface area contributed by atoms with E-state index in [1.807, 2.05) is 6.07 Å². The summed E-state index contributed by atoms with van der Waals surface area (Å²) < 4.78 is 9.06. The van der Waals surface area contributed by atoms with Gasteiger partial charge in [-0.25, -0.2) is 0 Å². The number of aromatic nitrogens is 1. The number of para-hydroxylation sites is 3. The van der Waals surface area contributed by atoms with Crippen LogP contribution in [0.5, 0.6) is 0 Å². The van der Waals surface area contributed by atoms with E-state index in [9.17, 15) is 0 Å². The van der Waals surface area contributed by atoms with Gasteiger partial charge in [-0.15, -0.1) is 0 Å². The summed E-state index contributed by atoms with van der Waals surface area (Å²) in [5, 5.41) is 5.01. The molecule has 16 rings (SSSR count). The first-order valence-corrected chi connectivity index (χ1v) is 23.1. The summed E-state index contributed by atoms with van der Waals surface area (Å²) >= 11 is 0. The second-order valence-corrected chi connectivity index (χ2v) is 20.6. The van der Waals surface area contributed by atoms with Gasteiger partial charge >= 0.3 is 0 Å². The number of furan rings is 1. The molecule has 8 aromatic carbocycles. The van der Waals surface area contributed by atoms with Crippen LogP contribution in [0.3, 0.4) is 0 Å². The number of anilines is 3. The van der Waals surface area contributed by atoms with Crippen LogP contribution in [0.2, 0.25) is 0 Å². The normalized spacial score (nSPS) is 25.7. The van der Waals surface area contributed by atoms with Crippen molar-refractivity contribution in [1.82, 2.24) is 4.57 Å². The molecule has 1 aliphatic heterocycles. The molecule has 10 aromatic rings. The highest BCUT2D eigenvalue weighted by Crippen LogP contribution is 2.96. The molecule has 0 bridgehead atoms. The summed E-state index contributed by atoms with van der Waals surface area (Å²) in [6.07, 6.45) is 5.51. The molecule has 4 fully saturated rings. The Hall–Kier alpha value is -6.84. The molecule has 3 heterocycles. The van der Waals surface area contributed by atoms with E-state index in [0.717, 1.165) is 45.0 Å². The van der Waals surface area contributed by atoms with Gasteiger partial charge in [-0.05, 0) is 148 Å². The third kappa shape index (κ3) is 3.67. The van der Waals surface area contributed by atoms with E-state index in [0.29, 0.717) is 5.41 Å². The lowest BCUT2D eigenvalue weighted by Gasteiger charge is -2.76. The van der Waals surface area contributed by atoms with Crippen LogP contribution in [0.25, 0.3) is 71.7 Å². The van der Waals surface area contributed by atoms with Crippen molar-refractivity contribution >= 4 is 60.8 Å². The third-order valence-electron chi connectivity index (χ3n) is 17.9. The Kier molecular flexibility index (Phi) is 5.81. The van der Waals surface area contributed by atoms with Gasteiger partial charge < -0.3 is 13.9 Å². The van der Waals surface area contributed by atoms with Gasteiger partial charge in [-0.3, -0.25) is 0 Å². The Bertz CT molecular complexity index is 3720. The number of benzene rings is 8. The molecule has 3 nitrogen and oxygen atoms in total. The van der Waals surface area contributed by atoms with Crippen molar-refractivity contribution in [2.75, 3.05) is 4.90 Å². The largest absolute Gasteiger partial charge is 0.456 e. The monoisotopic (exact) mass is 808 g/mol. The maximum absolute atomic E-state index is 6.35. The molecule has 0 amide bonds. The molecule has 0 saturated heterocycles. The topological polar surface area (TPSA) is 21.3 Å². The maximum atomic E-state index is 6.35. The first-order valence-electron chi connectivity index (χ1n) is 23.1. The van der Waals surface area contributed by atoms with Crippen LogP contribution in [0.4, 0.5) is 17.1 Å². The molecule has 300 valence electrons. The zero-order valence-electron chi connectivity index (χ0n) is 35.5. The molecule has 3 heteroatoms. The predicted octanol–water partition coefficient (Wildman–Crippen LogP) is 15.4. The highest BCUT2D eigenvalue weighted by Gasteiger charge is 2.93. The quantitative estimate of drug-likeness (QED) is 0.177. The van der Waals surface area contributed by atoms with Crippen molar-refractivity contribution in [2.24, 2.45) is 17.3 Å². The average Bonchev–Trinajstić information content (AvgIpc) is 3.60. The van der Waals surface area contributed by atoms with Crippen LogP contribution < -0.4 is 4.90 Å². The average molecular weight is 809 g/mol. The Morgan fingerprint density at radius 2 is 1.29 bits per heavy atom. The van der Waals surface area contributed by atoms with Crippen LogP contribution in [0.1, 0.15) is 61.8 Å². The molecule has 2 aromatic heterocycles. The minimum Gasteiger partial charge on any atom is -0.456 e. The molecule has 2 spiro atoms. The lowest BCUT2D eigenvalue weighted by molar-refractivity contribution is -0.151. The van der Waals surface area contributed by atoms with Crippen molar-refractivity contribution in [3.63, 3.8) is 0 Å². The summed E-state index contributed by atoms with van der Waals surface area (Å²) in [6, 6.07) is 64.5. The third-order valence-corrected chi connectivity index (χ3v) is 17.9. The van der Waals surface area contributed by atoms with E-state index in [1.54, 1.807) is 11.1 Å². The van der Waals surface area contributed by atoms with Gasteiger partial charge in [0.25, 0.3) is 0 Å². The second-order valence-electron chi connectivity index (χ2n) is 20.6. The molecular weight excluding hydrogens is 765 g/mol. The van der Waals surface area contributed by atoms with Crippen molar-refractivity contribution in [2.45, 2.75) is 55.8 Å². The van der Waals surface area contributed by atoms with Gasteiger partial charge in [0, 0.05) is 54.9 Å². The van der Waals surface area contributed by atoms with Gasteiger partial charge in [0.05, 0.1) is 16.7 Å². The zero-order chi connectivity index (χ0) is 41.2. The van der Waals surface area contributed by atoms with Crippen LogP contribution in [-0.4, -0.2) is 4.57 Å². The lowest BCUT2D eigenvalue weighted by atomic mass is 9.26. The van der Waals surface area contributed by atoms with Crippen LogP contribution in [-0.2, 0) is 16.2 Å². The predicted molar refractivity (Wildman–Crippen MR) is 257 cm³/mol. The van der Waals surface area contributed by atoms with Gasteiger partial charge in [0.1, 0.15) is 11.2 Å². The maximum Gasteiger partial charge on any atom is 0.136 e. The highest BCUT2D eigenvalue weighted by molar-refractivity contribution is 6.18.